The van der Waals surface area contributed by atoms with E-state index in [1.54, 1.807) is 0 Å². The van der Waals surface area contributed by atoms with Gasteiger partial charge in [-0.25, -0.2) is 0 Å². The van der Waals surface area contributed by atoms with Crippen LogP contribution in [0.2, 0.25) is 0 Å². The molecular weight excluding hydrogens is 904 g/mol. The summed E-state index contributed by atoms with van der Waals surface area (Å²) < 4.78 is 0. The molecule has 0 radical (unpaired) electrons. The van der Waals surface area contributed by atoms with Crippen molar-refractivity contribution in [2.45, 2.75) is 76.2 Å². The first-order chi connectivity index (χ1) is 31.8. The van der Waals surface area contributed by atoms with Crippen LogP contribution in [0, 0.1) is 0 Å². The Hall–Kier alpha value is -5.89. The van der Waals surface area contributed by atoms with E-state index < -0.39 is 12.8 Å². The summed E-state index contributed by atoms with van der Waals surface area (Å²) >= 11 is 0. The molecule has 6 aromatic carbocycles. The van der Waals surface area contributed by atoms with Crippen LogP contribution in [0.4, 0.5) is 0 Å². The predicted octanol–water partition coefficient (Wildman–Crippen LogP) is 5.04. The number of halogens is 1. The first-order valence-corrected chi connectivity index (χ1v) is 25.1. The van der Waals surface area contributed by atoms with E-state index >= 15 is 0 Å². The Balaban J connectivity index is 0.00000817. The second kappa shape index (κ2) is 27.6. The van der Waals surface area contributed by atoms with Gasteiger partial charge in [0, 0.05) is 45.3 Å². The minimum atomic E-state index is -2.19. The van der Waals surface area contributed by atoms with Crippen molar-refractivity contribution in [3.63, 3.8) is 0 Å². The Labute approximate surface area is 402 Å². The minimum Gasteiger partial charge on any atom is -1.00 e. The molecule has 66 heavy (non-hydrogen) atoms. The molecule has 0 saturated carbocycles. The Morgan fingerprint density at radius 1 is 0.364 bits per heavy atom. The molecule has 0 fully saturated rings. The van der Waals surface area contributed by atoms with Crippen molar-refractivity contribution in [1.29, 1.82) is 0 Å². The van der Waals surface area contributed by atoms with E-state index in [4.69, 9.17) is 0 Å². The number of rotatable bonds is 26. The lowest BCUT2D eigenvalue weighted by molar-refractivity contribution is -0.126. The molecule has 8 nitrogen and oxygen atoms in total. The molecule has 344 valence electrons. The number of benzene rings is 6. The molecule has 0 aliphatic heterocycles. The quantitative estimate of drug-likeness (QED) is 0.0571. The van der Waals surface area contributed by atoms with Crippen LogP contribution >= 0.6 is 7.26 Å². The molecule has 0 aliphatic carbocycles. The number of carbonyl (C=O) groups is 4. The molecule has 4 amide bonds. The van der Waals surface area contributed by atoms with Gasteiger partial charge in [0.2, 0.25) is 23.6 Å². The van der Waals surface area contributed by atoms with Gasteiger partial charge in [-0.1, -0.05) is 146 Å². The molecule has 0 aromatic heterocycles. The van der Waals surface area contributed by atoms with E-state index in [2.05, 4.69) is 130 Å². The maximum absolute atomic E-state index is 14.4. The minimum absolute atomic E-state index is 0. The molecule has 0 spiro atoms. The summed E-state index contributed by atoms with van der Waals surface area (Å²) in [5.41, 5.74) is 2.27. The summed E-state index contributed by atoms with van der Waals surface area (Å²) in [6.07, 6.45) is 6.65. The topological polar surface area (TPSA) is 116 Å². The van der Waals surface area contributed by atoms with Gasteiger partial charge >= 0.3 is 0 Å². The van der Waals surface area contributed by atoms with Crippen molar-refractivity contribution in [2.75, 3.05) is 25.8 Å². The second-order valence-electron chi connectivity index (χ2n) is 16.8. The van der Waals surface area contributed by atoms with Gasteiger partial charge < -0.3 is 38.2 Å². The molecule has 0 aliphatic rings. The van der Waals surface area contributed by atoms with Gasteiger partial charge in [-0.2, -0.15) is 0 Å². The van der Waals surface area contributed by atoms with Crippen LogP contribution in [0.3, 0.4) is 0 Å². The fourth-order valence-corrected chi connectivity index (χ4v) is 12.7. The van der Waals surface area contributed by atoms with E-state index in [-0.39, 0.29) is 66.7 Å². The van der Waals surface area contributed by atoms with E-state index in [1.807, 2.05) is 72.8 Å². The molecule has 0 bridgehead atoms. The first-order valence-electron chi connectivity index (χ1n) is 23.1. The Morgan fingerprint density at radius 2 is 0.636 bits per heavy atom. The van der Waals surface area contributed by atoms with E-state index in [9.17, 15) is 19.2 Å². The van der Waals surface area contributed by atoms with E-state index in [0.29, 0.717) is 44.9 Å². The number of amides is 4. The summed E-state index contributed by atoms with van der Waals surface area (Å²) in [7, 11) is -2.19. The van der Waals surface area contributed by atoms with Gasteiger partial charge in [0.15, 0.2) is 0 Å². The van der Waals surface area contributed by atoms with Crippen molar-refractivity contribution in [2.24, 2.45) is 0 Å². The second-order valence-corrected chi connectivity index (χ2v) is 20.4. The number of aryl methyl sites for hydroxylation is 3. The summed E-state index contributed by atoms with van der Waals surface area (Å²) in [4.78, 5) is 54.9. The normalized spacial score (nSPS) is 11.2. The third-order valence-corrected chi connectivity index (χ3v) is 16.4. The third-order valence-electron chi connectivity index (χ3n) is 11.9. The number of hydrogen-bond acceptors (Lipinski definition) is 4. The maximum Gasteiger partial charge on any atom is 0.220 e. The summed E-state index contributed by atoms with van der Waals surface area (Å²) in [6, 6.07) is 62.0. The Morgan fingerprint density at radius 3 is 0.939 bits per heavy atom. The maximum atomic E-state index is 14.4. The summed E-state index contributed by atoms with van der Waals surface area (Å²) in [5, 5.41) is 16.3. The Bertz CT molecular complexity index is 2100. The number of nitrogens with one attached hydrogen (secondary N) is 4. The number of carbonyl (C=O) groups excluding carboxylic acids is 4. The smallest absolute Gasteiger partial charge is 0.220 e. The highest BCUT2D eigenvalue weighted by Gasteiger charge is 2.45. The molecule has 0 heterocycles. The van der Waals surface area contributed by atoms with Crippen molar-refractivity contribution in [3.05, 3.63) is 199 Å². The highest BCUT2D eigenvalue weighted by Crippen LogP contribution is 2.55. The van der Waals surface area contributed by atoms with Crippen LogP contribution in [-0.2, 0) is 38.4 Å². The molecule has 0 unspecified atom stereocenters. The van der Waals surface area contributed by atoms with Gasteiger partial charge in [0.05, 0.1) is 11.7 Å². The van der Waals surface area contributed by atoms with Gasteiger partial charge in [0.25, 0.3) is 0 Å². The van der Waals surface area contributed by atoms with Crippen LogP contribution in [0.5, 0.6) is 0 Å². The number of hydrogen-bond donors (Lipinski definition) is 4. The van der Waals surface area contributed by atoms with Crippen molar-refractivity contribution < 1.29 is 36.2 Å². The molecule has 4 N–H and O–H groups in total. The van der Waals surface area contributed by atoms with Crippen molar-refractivity contribution in [1.82, 2.24) is 21.3 Å². The van der Waals surface area contributed by atoms with Crippen LogP contribution in [0.25, 0.3) is 0 Å². The Kier molecular flexibility index (Phi) is 21.3. The lowest BCUT2D eigenvalue weighted by atomic mass is 9.97. The zero-order valence-corrected chi connectivity index (χ0v) is 40.4. The first kappa shape index (κ1) is 51.1. The fourth-order valence-electron chi connectivity index (χ4n) is 8.40. The third kappa shape index (κ3) is 16.2. The zero-order valence-electron chi connectivity index (χ0n) is 37.9. The zero-order chi connectivity index (χ0) is 45.4. The largest absolute Gasteiger partial charge is 1.00 e. The lowest BCUT2D eigenvalue weighted by Gasteiger charge is -2.36. The van der Waals surface area contributed by atoms with E-state index in [1.165, 1.54) is 15.9 Å². The molecule has 6 aromatic rings. The summed E-state index contributed by atoms with van der Waals surface area (Å²) in [5.74, 6) is -0.699. The average molecular weight is 968 g/mol. The van der Waals surface area contributed by atoms with Crippen LogP contribution in [0.1, 0.15) is 68.1 Å². The van der Waals surface area contributed by atoms with Gasteiger partial charge in [-0.3, -0.25) is 19.2 Å². The average Bonchev–Trinajstić information content (AvgIpc) is 3.35. The van der Waals surface area contributed by atoms with Gasteiger partial charge in [-0.05, 0) is 98.0 Å². The van der Waals surface area contributed by atoms with Crippen LogP contribution < -0.4 is 54.2 Å². The predicted molar refractivity (Wildman–Crippen MR) is 267 cm³/mol. The fraction of sp³-hybridized carbons (Fsp3) is 0.286. The monoisotopic (exact) mass is 966 g/mol. The van der Waals surface area contributed by atoms with Crippen LogP contribution in [0.15, 0.2) is 182 Å². The van der Waals surface area contributed by atoms with E-state index in [0.717, 1.165) is 42.1 Å². The molecule has 6 rings (SSSR count). The molecule has 0 atom stereocenters. The van der Waals surface area contributed by atoms with Crippen molar-refractivity contribution in [3.8, 4) is 0 Å². The highest BCUT2D eigenvalue weighted by molar-refractivity contribution is 7.95. The van der Waals surface area contributed by atoms with Crippen LogP contribution in [-0.4, -0.2) is 55.0 Å². The van der Waals surface area contributed by atoms with Gasteiger partial charge in [-0.15, -0.1) is 0 Å². The highest BCUT2D eigenvalue weighted by atomic mass is 79.9. The molecule has 0 saturated heterocycles. The SMILES string of the molecule is O=C(CCCc1ccccc1)NCC(CNC(=O)CCCc1ccccc1)(CNC(=O)CCCc1ccccc1)NC(=O)CCC[P+](c1ccccc1)(c1ccccc1)c1ccccc1.[Br-]. The van der Waals surface area contributed by atoms with Gasteiger partial charge in [0.1, 0.15) is 23.2 Å². The van der Waals surface area contributed by atoms with Crippen molar-refractivity contribution >= 4 is 46.8 Å². The molecule has 10 heteroatoms. The molecular formula is C56H64BrN4O4P. The lowest BCUT2D eigenvalue weighted by Crippen LogP contribution is -3.00. The summed E-state index contributed by atoms with van der Waals surface area (Å²) in [6.45, 7) is 0.0610. The standard InChI is InChI=1S/C56H63N4O4P.BrH/c61-52(38-19-29-46-23-7-1-8-24-46)57-43-56(44-58-53(62)39-20-30-47-25-9-2-10-26-47,45-59-54(63)40-21-31-48-27-11-3-12-28-48)60-55(64)41-22-42-65(49-32-13-4-14-33-49,50-34-15-5-16-35-50)51-36-17-6-18-37-51;/h1-18,23-28,32-37H,19-22,29-31,38-45H2,(H3-,57,58,59,60,61,62,63,64);1H.